The van der Waals surface area contributed by atoms with Gasteiger partial charge in [0.05, 0.1) is 25.4 Å². The highest BCUT2D eigenvalue weighted by Gasteiger charge is 2.19. The molecule has 0 aliphatic rings. The van der Waals surface area contributed by atoms with Crippen LogP contribution in [0.3, 0.4) is 0 Å². The van der Waals surface area contributed by atoms with E-state index in [0.29, 0.717) is 28.8 Å². The van der Waals surface area contributed by atoms with E-state index in [1.807, 2.05) is 11.9 Å². The van der Waals surface area contributed by atoms with Gasteiger partial charge in [0.15, 0.2) is 0 Å². The Labute approximate surface area is 123 Å². The third kappa shape index (κ3) is 4.91. The highest BCUT2D eigenvalue weighted by Crippen LogP contribution is 2.26. The number of benzene rings is 1. The first-order chi connectivity index (χ1) is 8.99. The van der Waals surface area contributed by atoms with Gasteiger partial charge in [-0.15, -0.1) is 0 Å². The van der Waals surface area contributed by atoms with Crippen LogP contribution in [0, 0.1) is 0 Å². The average molecular weight is 308 g/mol. The monoisotopic (exact) mass is 307 g/mol. The number of methoxy groups -OCH3 is 1. The molecule has 0 spiro atoms. The highest BCUT2D eigenvalue weighted by molar-refractivity contribution is 6.35. The first-order valence-corrected chi connectivity index (χ1v) is 6.68. The Morgan fingerprint density at radius 2 is 2.05 bits per heavy atom. The number of hydrogen-bond donors (Lipinski definition) is 2. The van der Waals surface area contributed by atoms with Gasteiger partial charge in [0.1, 0.15) is 0 Å². The standard InChI is InChI=1S/C13H19Cl2NO3/c1-16(10(7-17)8-19-2)6-13(18)11-4-3-9(14)5-12(11)15/h3-5,10,13,17-18H,6-8H2,1-2H3. The fraction of sp³-hybridized carbons (Fsp3) is 0.538. The van der Waals surface area contributed by atoms with Gasteiger partial charge in [-0.3, -0.25) is 4.90 Å². The quantitative estimate of drug-likeness (QED) is 0.808. The van der Waals surface area contributed by atoms with Gasteiger partial charge >= 0.3 is 0 Å². The second-order valence-electron chi connectivity index (χ2n) is 4.41. The van der Waals surface area contributed by atoms with Crippen molar-refractivity contribution in [2.75, 3.05) is 33.9 Å². The van der Waals surface area contributed by atoms with Crippen LogP contribution in [0.1, 0.15) is 11.7 Å². The second-order valence-corrected chi connectivity index (χ2v) is 5.26. The van der Waals surface area contributed by atoms with Crippen molar-refractivity contribution in [2.24, 2.45) is 0 Å². The van der Waals surface area contributed by atoms with Crippen LogP contribution in [0.25, 0.3) is 0 Å². The normalized spacial score (nSPS) is 14.7. The highest BCUT2D eigenvalue weighted by atomic mass is 35.5. The lowest BCUT2D eigenvalue weighted by atomic mass is 10.1. The van der Waals surface area contributed by atoms with Crippen LogP contribution in [0.4, 0.5) is 0 Å². The molecule has 1 rings (SSSR count). The topological polar surface area (TPSA) is 52.9 Å². The fourth-order valence-corrected chi connectivity index (χ4v) is 2.34. The summed E-state index contributed by atoms with van der Waals surface area (Å²) in [5, 5.41) is 20.4. The fourth-order valence-electron chi connectivity index (χ4n) is 1.80. The summed E-state index contributed by atoms with van der Waals surface area (Å²) in [6, 6.07) is 4.82. The van der Waals surface area contributed by atoms with Gasteiger partial charge in [0, 0.05) is 29.3 Å². The van der Waals surface area contributed by atoms with Gasteiger partial charge < -0.3 is 14.9 Å². The van der Waals surface area contributed by atoms with Crippen molar-refractivity contribution in [3.63, 3.8) is 0 Å². The van der Waals surface area contributed by atoms with E-state index in [9.17, 15) is 10.2 Å². The lowest BCUT2D eigenvalue weighted by Gasteiger charge is -2.28. The van der Waals surface area contributed by atoms with E-state index in [4.69, 9.17) is 27.9 Å². The summed E-state index contributed by atoms with van der Waals surface area (Å²) in [5.74, 6) is 0. The van der Waals surface area contributed by atoms with Crippen molar-refractivity contribution in [3.05, 3.63) is 33.8 Å². The lowest BCUT2D eigenvalue weighted by molar-refractivity contribution is 0.0375. The van der Waals surface area contributed by atoms with Crippen molar-refractivity contribution in [1.29, 1.82) is 0 Å². The third-order valence-electron chi connectivity index (χ3n) is 2.98. The van der Waals surface area contributed by atoms with Gasteiger partial charge in [-0.2, -0.15) is 0 Å². The van der Waals surface area contributed by atoms with Crippen LogP contribution in [0.2, 0.25) is 10.0 Å². The van der Waals surface area contributed by atoms with E-state index in [2.05, 4.69) is 0 Å². The van der Waals surface area contributed by atoms with Crippen LogP contribution >= 0.6 is 23.2 Å². The summed E-state index contributed by atoms with van der Waals surface area (Å²) in [7, 11) is 3.38. The first kappa shape index (κ1) is 16.7. The van der Waals surface area contributed by atoms with Crippen molar-refractivity contribution in [3.8, 4) is 0 Å². The lowest BCUT2D eigenvalue weighted by Crippen LogP contribution is -2.40. The maximum atomic E-state index is 10.2. The molecule has 2 N–H and O–H groups in total. The summed E-state index contributed by atoms with van der Waals surface area (Å²) >= 11 is 11.9. The predicted octanol–water partition coefficient (Wildman–Crippen LogP) is 1.97. The maximum Gasteiger partial charge on any atom is 0.0931 e. The molecule has 0 heterocycles. The Balaban J connectivity index is 2.70. The average Bonchev–Trinajstić information content (AvgIpc) is 2.35. The maximum absolute atomic E-state index is 10.2. The molecular weight excluding hydrogens is 289 g/mol. The van der Waals surface area contributed by atoms with E-state index in [0.717, 1.165) is 0 Å². The van der Waals surface area contributed by atoms with Crippen LogP contribution in [0.5, 0.6) is 0 Å². The molecule has 1 aromatic rings. The molecule has 0 bridgehead atoms. The predicted molar refractivity (Wildman–Crippen MR) is 76.8 cm³/mol. The number of rotatable bonds is 7. The van der Waals surface area contributed by atoms with Crippen molar-refractivity contribution in [2.45, 2.75) is 12.1 Å². The molecule has 0 aromatic heterocycles. The Bertz CT molecular complexity index is 403. The van der Waals surface area contributed by atoms with Gasteiger partial charge in [-0.25, -0.2) is 0 Å². The van der Waals surface area contributed by atoms with Crippen molar-refractivity contribution in [1.82, 2.24) is 4.90 Å². The third-order valence-corrected chi connectivity index (χ3v) is 3.54. The molecule has 4 nitrogen and oxygen atoms in total. The Hall–Kier alpha value is -0.360. The van der Waals surface area contributed by atoms with Gasteiger partial charge in [-0.05, 0) is 19.2 Å². The zero-order valence-corrected chi connectivity index (χ0v) is 12.5. The molecule has 2 atom stereocenters. The first-order valence-electron chi connectivity index (χ1n) is 5.92. The number of halogens is 2. The molecule has 0 saturated heterocycles. The minimum Gasteiger partial charge on any atom is -0.395 e. The number of ether oxygens (including phenoxy) is 1. The van der Waals surface area contributed by atoms with Crippen LogP contribution in [-0.2, 0) is 4.74 Å². The van der Waals surface area contributed by atoms with E-state index in [1.54, 1.807) is 25.3 Å². The number of nitrogens with zero attached hydrogens (tertiary/aromatic N) is 1. The summed E-state index contributed by atoms with van der Waals surface area (Å²) in [6.45, 7) is 0.704. The molecule has 108 valence electrons. The summed E-state index contributed by atoms with van der Waals surface area (Å²) in [6.07, 6.45) is -0.749. The van der Waals surface area contributed by atoms with Crippen LogP contribution in [0.15, 0.2) is 18.2 Å². The summed E-state index contributed by atoms with van der Waals surface area (Å²) < 4.78 is 5.02. The minimum atomic E-state index is -0.749. The molecule has 0 saturated carbocycles. The summed E-state index contributed by atoms with van der Waals surface area (Å²) in [4.78, 5) is 1.83. The van der Waals surface area contributed by atoms with Crippen LogP contribution < -0.4 is 0 Å². The van der Waals surface area contributed by atoms with E-state index in [-0.39, 0.29) is 12.6 Å². The number of likely N-dealkylation sites (N-methyl/N-ethyl adjacent to an activating group) is 1. The zero-order chi connectivity index (χ0) is 14.4. The number of aliphatic hydroxyl groups excluding tert-OH is 2. The van der Waals surface area contributed by atoms with E-state index >= 15 is 0 Å². The van der Waals surface area contributed by atoms with Crippen molar-refractivity contribution >= 4 is 23.2 Å². The molecular formula is C13H19Cl2NO3. The van der Waals surface area contributed by atoms with Crippen LogP contribution in [-0.4, -0.2) is 55.1 Å². The Kier molecular flexibility index (Phi) is 7.07. The molecule has 0 fully saturated rings. The molecule has 19 heavy (non-hydrogen) atoms. The molecule has 2 unspecified atom stereocenters. The number of hydrogen-bond acceptors (Lipinski definition) is 4. The van der Waals surface area contributed by atoms with E-state index in [1.165, 1.54) is 0 Å². The van der Waals surface area contributed by atoms with Gasteiger partial charge in [0.2, 0.25) is 0 Å². The molecule has 0 radical (unpaired) electrons. The number of aliphatic hydroxyl groups is 2. The molecule has 0 aliphatic carbocycles. The minimum absolute atomic E-state index is 0.0363. The SMILES string of the molecule is COCC(CO)N(C)CC(O)c1ccc(Cl)cc1Cl. The molecule has 1 aromatic carbocycles. The van der Waals surface area contributed by atoms with Gasteiger partial charge in [-0.1, -0.05) is 29.3 Å². The zero-order valence-electron chi connectivity index (χ0n) is 11.0. The molecule has 6 heteroatoms. The Morgan fingerprint density at radius 3 is 2.58 bits per heavy atom. The Morgan fingerprint density at radius 1 is 1.37 bits per heavy atom. The van der Waals surface area contributed by atoms with Gasteiger partial charge in [0.25, 0.3) is 0 Å². The molecule has 0 aliphatic heterocycles. The smallest absolute Gasteiger partial charge is 0.0931 e. The van der Waals surface area contributed by atoms with Crippen molar-refractivity contribution < 1.29 is 14.9 Å². The van der Waals surface area contributed by atoms with E-state index < -0.39 is 6.10 Å². The molecule has 0 amide bonds. The summed E-state index contributed by atoms with van der Waals surface area (Å²) in [5.41, 5.74) is 0.618. The largest absolute Gasteiger partial charge is 0.395 e. The second kappa shape index (κ2) is 8.04.